The minimum Gasteiger partial charge on any atom is -0.480 e. The third-order valence-corrected chi connectivity index (χ3v) is 3.63. The van der Waals surface area contributed by atoms with Crippen LogP contribution in [0.25, 0.3) is 0 Å². The van der Waals surface area contributed by atoms with Gasteiger partial charge in [0.25, 0.3) is 5.56 Å². The average molecular weight is 442 g/mol. The van der Waals surface area contributed by atoms with Crippen molar-refractivity contribution in [2.45, 2.75) is 51.2 Å². The molecule has 28 heavy (non-hydrogen) atoms. The van der Waals surface area contributed by atoms with Crippen molar-refractivity contribution in [3.8, 4) is 0 Å². The van der Waals surface area contributed by atoms with Gasteiger partial charge in [0.05, 0.1) is 12.8 Å². The Balaban J connectivity index is 0. The SMILES string of the molecule is CC(C)N.CSc1nnc(C(C)(C)C)c(=O)n1N.O=C(O)CNCP(=O)(O)O. The first-order valence-corrected chi connectivity index (χ1v) is 11.1. The molecule has 1 heterocycles. The van der Waals surface area contributed by atoms with Gasteiger partial charge in [-0.25, -0.2) is 0 Å². The Labute approximate surface area is 168 Å². The molecule has 0 saturated carbocycles. The number of nitrogens with one attached hydrogen (secondary N) is 1. The third kappa shape index (κ3) is 14.5. The number of nitrogens with zero attached hydrogens (tertiary/aromatic N) is 3. The molecule has 14 heteroatoms. The third-order valence-electron chi connectivity index (χ3n) is 2.35. The predicted octanol–water partition coefficient (Wildman–Crippen LogP) is -0.479. The Bertz CT molecular complexity index is 712. The number of carbonyl (C=O) groups is 1. The van der Waals surface area contributed by atoms with E-state index in [2.05, 4.69) is 15.5 Å². The summed E-state index contributed by atoms with van der Waals surface area (Å²) in [5.41, 5.74) is 4.89. The minimum atomic E-state index is -4.10. The van der Waals surface area contributed by atoms with Crippen LogP contribution in [0.2, 0.25) is 0 Å². The van der Waals surface area contributed by atoms with Crippen molar-refractivity contribution in [2.24, 2.45) is 5.73 Å². The number of carboxylic acids is 1. The van der Waals surface area contributed by atoms with Crippen LogP contribution in [-0.4, -0.2) is 60.9 Å². The molecule has 0 amide bonds. The van der Waals surface area contributed by atoms with Crippen LogP contribution < -0.4 is 22.5 Å². The Morgan fingerprint density at radius 3 is 2.11 bits per heavy atom. The number of aromatic nitrogens is 3. The quantitative estimate of drug-likeness (QED) is 0.194. The van der Waals surface area contributed by atoms with Gasteiger partial charge >= 0.3 is 13.6 Å². The highest BCUT2D eigenvalue weighted by Crippen LogP contribution is 2.31. The second kappa shape index (κ2) is 12.9. The van der Waals surface area contributed by atoms with E-state index in [1.165, 1.54) is 11.8 Å². The van der Waals surface area contributed by atoms with Gasteiger partial charge in [-0.1, -0.05) is 46.4 Å². The van der Waals surface area contributed by atoms with E-state index in [1.54, 1.807) is 6.26 Å². The second-order valence-corrected chi connectivity index (χ2v) is 9.27. The number of hydrogen-bond donors (Lipinski definition) is 6. The van der Waals surface area contributed by atoms with Crippen LogP contribution >= 0.6 is 19.4 Å². The number of hydrogen-bond acceptors (Lipinski definition) is 9. The van der Waals surface area contributed by atoms with E-state index in [-0.39, 0.29) is 11.0 Å². The van der Waals surface area contributed by atoms with E-state index in [0.29, 0.717) is 16.9 Å². The minimum absolute atomic E-state index is 0.281. The molecular weight excluding hydrogens is 411 g/mol. The van der Waals surface area contributed by atoms with E-state index in [0.717, 1.165) is 4.68 Å². The summed E-state index contributed by atoms with van der Waals surface area (Å²) in [7, 11) is -4.10. The number of aliphatic carboxylic acids is 1. The molecule has 0 fully saturated rings. The van der Waals surface area contributed by atoms with Gasteiger partial charge in [-0.2, -0.15) is 4.68 Å². The Morgan fingerprint density at radius 2 is 1.79 bits per heavy atom. The van der Waals surface area contributed by atoms with Crippen LogP contribution in [-0.2, 0) is 14.8 Å². The molecule has 12 nitrogen and oxygen atoms in total. The van der Waals surface area contributed by atoms with Crippen molar-refractivity contribution >= 4 is 25.3 Å². The summed E-state index contributed by atoms with van der Waals surface area (Å²) >= 11 is 1.29. The van der Waals surface area contributed by atoms with Gasteiger partial charge in [-0.3, -0.25) is 19.5 Å². The summed E-state index contributed by atoms with van der Waals surface area (Å²) in [5.74, 6) is 4.43. The fraction of sp³-hybridized carbons (Fsp3) is 0.714. The Morgan fingerprint density at radius 1 is 1.32 bits per heavy atom. The second-order valence-electron chi connectivity index (χ2n) is 6.85. The fourth-order valence-electron chi connectivity index (χ4n) is 1.30. The van der Waals surface area contributed by atoms with E-state index >= 15 is 0 Å². The molecule has 1 aromatic rings. The molecule has 164 valence electrons. The fourth-order valence-corrected chi connectivity index (χ4v) is 2.11. The van der Waals surface area contributed by atoms with E-state index < -0.39 is 26.4 Å². The van der Waals surface area contributed by atoms with E-state index in [1.807, 2.05) is 34.6 Å². The van der Waals surface area contributed by atoms with Crippen LogP contribution in [0, 0.1) is 0 Å². The maximum atomic E-state index is 11.7. The molecule has 0 unspecified atom stereocenters. The summed E-state index contributed by atoms with van der Waals surface area (Å²) in [6, 6.07) is 0.333. The normalized spacial score (nSPS) is 11.2. The molecule has 0 aliphatic heterocycles. The zero-order valence-corrected chi connectivity index (χ0v) is 18.6. The lowest BCUT2D eigenvalue weighted by Gasteiger charge is -2.16. The van der Waals surface area contributed by atoms with Gasteiger partial charge in [0, 0.05) is 5.41 Å². The largest absolute Gasteiger partial charge is 0.480 e. The van der Waals surface area contributed by atoms with Crippen molar-refractivity contribution in [1.29, 1.82) is 0 Å². The summed E-state index contributed by atoms with van der Waals surface area (Å²) in [6.45, 7) is 9.15. The van der Waals surface area contributed by atoms with Crippen LogP contribution in [0.1, 0.15) is 40.3 Å². The van der Waals surface area contributed by atoms with Gasteiger partial charge in [0.15, 0.2) is 0 Å². The zero-order valence-electron chi connectivity index (χ0n) is 16.9. The monoisotopic (exact) mass is 442 g/mol. The molecule has 0 spiro atoms. The average Bonchev–Trinajstić information content (AvgIpc) is 2.47. The topological polar surface area (TPSA) is 207 Å². The molecule has 0 bridgehead atoms. The number of carboxylic acid groups (broad SMARTS) is 1. The lowest BCUT2D eigenvalue weighted by Crippen LogP contribution is -2.37. The predicted molar refractivity (Wildman–Crippen MR) is 109 cm³/mol. The highest BCUT2D eigenvalue weighted by atomic mass is 32.2. The van der Waals surface area contributed by atoms with E-state index in [9.17, 15) is 14.2 Å². The number of rotatable bonds is 5. The number of nitrogen functional groups attached to an aromatic ring is 1. The van der Waals surface area contributed by atoms with Crippen molar-refractivity contribution in [2.75, 3.05) is 24.9 Å². The Hall–Kier alpha value is -1.50. The summed E-state index contributed by atoms with van der Waals surface area (Å²) in [5, 5.41) is 18.2. The first kappa shape index (κ1) is 28.7. The molecule has 8 N–H and O–H groups in total. The molecule has 0 radical (unpaired) electrons. The molecule has 1 aromatic heterocycles. The standard InChI is InChI=1S/C8H14N4OS.C3H8NO5P.C3H9N/c1-8(2,3)5-6(13)12(9)7(14-4)11-10-5;5-3(6)1-4-2-10(7,8)9;1-3(2)4/h9H2,1-4H3;4H,1-2H2,(H,5,6)(H2,7,8,9);3H,4H2,1-2H3. The Kier molecular flexibility index (Phi) is 13.2. The van der Waals surface area contributed by atoms with Gasteiger partial charge in [0.1, 0.15) is 5.69 Å². The maximum Gasteiger partial charge on any atom is 0.339 e. The summed E-state index contributed by atoms with van der Waals surface area (Å²) in [6.07, 6.45) is 1.20. The zero-order chi connectivity index (χ0) is 22.7. The maximum absolute atomic E-state index is 11.7. The number of thioether (sulfide) groups is 1. The molecule has 0 atom stereocenters. The smallest absolute Gasteiger partial charge is 0.339 e. The highest BCUT2D eigenvalue weighted by Gasteiger charge is 2.22. The molecule has 0 aromatic carbocycles. The van der Waals surface area contributed by atoms with Crippen molar-refractivity contribution in [3.63, 3.8) is 0 Å². The lowest BCUT2D eigenvalue weighted by molar-refractivity contribution is -0.135. The number of nitrogens with two attached hydrogens (primary N) is 2. The lowest BCUT2D eigenvalue weighted by atomic mass is 9.93. The molecule has 0 saturated heterocycles. The van der Waals surface area contributed by atoms with Gasteiger partial charge in [-0.05, 0) is 12.3 Å². The summed E-state index contributed by atoms with van der Waals surface area (Å²) in [4.78, 5) is 37.9. The van der Waals surface area contributed by atoms with Crippen molar-refractivity contribution in [3.05, 3.63) is 16.0 Å². The van der Waals surface area contributed by atoms with Crippen molar-refractivity contribution < 1.29 is 24.3 Å². The van der Waals surface area contributed by atoms with Crippen LogP contribution in [0.15, 0.2) is 9.95 Å². The van der Waals surface area contributed by atoms with Gasteiger partial charge < -0.3 is 26.5 Å². The molecule has 1 rings (SSSR count). The highest BCUT2D eigenvalue weighted by molar-refractivity contribution is 7.98. The van der Waals surface area contributed by atoms with E-state index in [4.69, 9.17) is 26.5 Å². The van der Waals surface area contributed by atoms with Crippen LogP contribution in [0.4, 0.5) is 0 Å². The molecule has 0 aliphatic carbocycles. The van der Waals surface area contributed by atoms with Crippen LogP contribution in [0.3, 0.4) is 0 Å². The molecule has 0 aliphatic rings. The first-order chi connectivity index (χ1) is 12.5. The van der Waals surface area contributed by atoms with Crippen molar-refractivity contribution in [1.82, 2.24) is 20.2 Å². The van der Waals surface area contributed by atoms with Gasteiger partial charge in [-0.15, -0.1) is 10.2 Å². The van der Waals surface area contributed by atoms with Crippen LogP contribution in [0.5, 0.6) is 0 Å². The van der Waals surface area contributed by atoms with Gasteiger partial charge in [0.2, 0.25) is 5.16 Å². The summed E-state index contributed by atoms with van der Waals surface area (Å²) < 4.78 is 11.1. The molecular formula is C14H31N6O6PS. The first-order valence-electron chi connectivity index (χ1n) is 8.04.